The first kappa shape index (κ1) is 13.7. The lowest BCUT2D eigenvalue weighted by Gasteiger charge is -2.21. The lowest BCUT2D eigenvalue weighted by Crippen LogP contribution is -2.23. The Bertz CT molecular complexity index is 479. The zero-order chi connectivity index (χ0) is 13.5. The minimum Gasteiger partial charge on any atom is -0.508 e. The molecule has 0 unspecified atom stereocenters. The molecule has 3 heteroatoms. The number of hydrogen-bond donors (Lipinski definition) is 1. The van der Waals surface area contributed by atoms with Crippen molar-refractivity contribution in [2.45, 2.75) is 32.9 Å². The van der Waals surface area contributed by atoms with Crippen molar-refractivity contribution >= 4 is 0 Å². The molecule has 0 aliphatic heterocycles. The van der Waals surface area contributed by atoms with E-state index in [1.165, 1.54) is 0 Å². The minimum absolute atomic E-state index is 0.364. The number of rotatable bonds is 7. The monoisotopic (exact) mass is 259 g/mol. The van der Waals surface area contributed by atoms with Gasteiger partial charge in [-0.25, -0.2) is 0 Å². The van der Waals surface area contributed by atoms with Crippen molar-refractivity contribution < 1.29 is 9.52 Å². The van der Waals surface area contributed by atoms with Crippen LogP contribution in [0.15, 0.2) is 47.1 Å². The first-order chi connectivity index (χ1) is 9.29. The average molecular weight is 259 g/mol. The van der Waals surface area contributed by atoms with Crippen molar-refractivity contribution in [1.29, 1.82) is 0 Å². The van der Waals surface area contributed by atoms with Crippen LogP contribution in [0.5, 0.6) is 5.75 Å². The number of nitrogens with zero attached hydrogens (tertiary/aromatic N) is 1. The molecule has 3 nitrogen and oxygen atoms in total. The fourth-order valence-corrected chi connectivity index (χ4v) is 2.10. The summed E-state index contributed by atoms with van der Waals surface area (Å²) in [6.07, 6.45) is 4.01. The van der Waals surface area contributed by atoms with Crippen LogP contribution in [0, 0.1) is 0 Å². The highest BCUT2D eigenvalue weighted by molar-refractivity contribution is 5.31. The van der Waals surface area contributed by atoms with Crippen LogP contribution in [0.3, 0.4) is 0 Å². The molecule has 0 fully saturated rings. The van der Waals surface area contributed by atoms with Gasteiger partial charge in [0.25, 0.3) is 0 Å². The van der Waals surface area contributed by atoms with Gasteiger partial charge in [0, 0.05) is 12.1 Å². The third-order valence-electron chi connectivity index (χ3n) is 3.17. The Kier molecular flexibility index (Phi) is 5.04. The Balaban J connectivity index is 2.03. The van der Waals surface area contributed by atoms with Crippen LogP contribution < -0.4 is 0 Å². The standard InChI is InChI=1S/C16H21NO2/c1-2-3-10-17(13-15-8-6-11-19-15)12-14-7-4-5-9-16(14)18/h4-9,11,18H,2-3,10,12-13H2,1H3. The van der Waals surface area contributed by atoms with Crippen molar-refractivity contribution in [3.05, 3.63) is 54.0 Å². The Morgan fingerprint density at radius 3 is 2.63 bits per heavy atom. The van der Waals surface area contributed by atoms with Crippen molar-refractivity contribution in [3.8, 4) is 5.75 Å². The number of hydrogen-bond acceptors (Lipinski definition) is 3. The molecule has 0 saturated heterocycles. The van der Waals surface area contributed by atoms with Gasteiger partial charge in [-0.3, -0.25) is 4.90 Å². The highest BCUT2D eigenvalue weighted by Gasteiger charge is 2.10. The quantitative estimate of drug-likeness (QED) is 0.822. The molecule has 0 aliphatic rings. The van der Waals surface area contributed by atoms with Crippen molar-refractivity contribution in [1.82, 2.24) is 4.90 Å². The van der Waals surface area contributed by atoms with Crippen LogP contribution in [0.4, 0.5) is 0 Å². The van der Waals surface area contributed by atoms with Gasteiger partial charge in [0.15, 0.2) is 0 Å². The van der Waals surface area contributed by atoms with E-state index in [0.717, 1.165) is 43.8 Å². The molecular weight excluding hydrogens is 238 g/mol. The number of aromatic hydroxyl groups is 1. The van der Waals surface area contributed by atoms with Gasteiger partial charge in [-0.2, -0.15) is 0 Å². The molecule has 0 bridgehead atoms. The van der Waals surface area contributed by atoms with E-state index >= 15 is 0 Å². The SMILES string of the molecule is CCCCN(Cc1ccco1)Cc1ccccc1O. The summed E-state index contributed by atoms with van der Waals surface area (Å²) in [4.78, 5) is 2.30. The Labute approximate surface area is 114 Å². The van der Waals surface area contributed by atoms with Gasteiger partial charge in [0.05, 0.1) is 12.8 Å². The molecule has 2 rings (SSSR count). The van der Waals surface area contributed by atoms with Gasteiger partial charge >= 0.3 is 0 Å². The summed E-state index contributed by atoms with van der Waals surface area (Å²) in [5.41, 5.74) is 0.963. The van der Waals surface area contributed by atoms with Gasteiger partial charge in [-0.1, -0.05) is 31.5 Å². The van der Waals surface area contributed by atoms with Crippen molar-refractivity contribution in [2.24, 2.45) is 0 Å². The molecule has 1 N–H and O–H groups in total. The average Bonchev–Trinajstić information content (AvgIpc) is 2.91. The second-order valence-electron chi connectivity index (χ2n) is 4.77. The van der Waals surface area contributed by atoms with E-state index in [0.29, 0.717) is 5.75 Å². The van der Waals surface area contributed by atoms with Crippen LogP contribution in [-0.4, -0.2) is 16.6 Å². The van der Waals surface area contributed by atoms with E-state index in [-0.39, 0.29) is 0 Å². The molecule has 1 heterocycles. The normalized spacial score (nSPS) is 11.1. The molecule has 0 radical (unpaired) electrons. The van der Waals surface area contributed by atoms with E-state index in [4.69, 9.17) is 4.42 Å². The van der Waals surface area contributed by atoms with Crippen LogP contribution in [0.1, 0.15) is 31.1 Å². The second kappa shape index (κ2) is 7.00. The summed E-state index contributed by atoms with van der Waals surface area (Å²) < 4.78 is 5.41. The van der Waals surface area contributed by atoms with E-state index < -0.39 is 0 Å². The van der Waals surface area contributed by atoms with Crippen molar-refractivity contribution in [3.63, 3.8) is 0 Å². The summed E-state index contributed by atoms with van der Waals surface area (Å²) in [6.45, 7) is 4.71. The molecular formula is C16H21NO2. The largest absolute Gasteiger partial charge is 0.508 e. The lowest BCUT2D eigenvalue weighted by molar-refractivity contribution is 0.229. The summed E-state index contributed by atoms with van der Waals surface area (Å²) in [5, 5.41) is 9.86. The third-order valence-corrected chi connectivity index (χ3v) is 3.17. The molecule has 2 aromatic rings. The molecule has 102 valence electrons. The van der Waals surface area contributed by atoms with E-state index in [1.807, 2.05) is 30.3 Å². The van der Waals surface area contributed by atoms with Crippen molar-refractivity contribution in [2.75, 3.05) is 6.54 Å². The molecule has 1 aromatic carbocycles. The first-order valence-corrected chi connectivity index (χ1v) is 6.81. The Morgan fingerprint density at radius 2 is 1.95 bits per heavy atom. The molecule has 0 spiro atoms. The van der Waals surface area contributed by atoms with Crippen LogP contribution in [-0.2, 0) is 13.1 Å². The van der Waals surface area contributed by atoms with Gasteiger partial charge in [0.1, 0.15) is 11.5 Å². The second-order valence-corrected chi connectivity index (χ2v) is 4.77. The Morgan fingerprint density at radius 1 is 1.11 bits per heavy atom. The van der Waals surface area contributed by atoms with Crippen LogP contribution in [0.25, 0.3) is 0 Å². The predicted octanol–water partition coefficient (Wildman–Crippen LogP) is 3.79. The summed E-state index contributed by atoms with van der Waals surface area (Å²) in [5.74, 6) is 1.33. The predicted molar refractivity (Wildman–Crippen MR) is 75.8 cm³/mol. The van der Waals surface area contributed by atoms with Gasteiger partial charge in [0.2, 0.25) is 0 Å². The summed E-state index contributed by atoms with van der Waals surface area (Å²) in [7, 11) is 0. The maximum absolute atomic E-state index is 9.86. The van der Waals surface area contributed by atoms with E-state index in [2.05, 4.69) is 11.8 Å². The van der Waals surface area contributed by atoms with E-state index in [1.54, 1.807) is 12.3 Å². The molecule has 19 heavy (non-hydrogen) atoms. The highest BCUT2D eigenvalue weighted by atomic mass is 16.3. The van der Waals surface area contributed by atoms with E-state index in [9.17, 15) is 5.11 Å². The van der Waals surface area contributed by atoms with Gasteiger partial charge in [-0.15, -0.1) is 0 Å². The van der Waals surface area contributed by atoms with Crippen LogP contribution >= 0.6 is 0 Å². The fraction of sp³-hybridized carbons (Fsp3) is 0.375. The number of unbranched alkanes of at least 4 members (excludes halogenated alkanes) is 1. The number of furan rings is 1. The fourth-order valence-electron chi connectivity index (χ4n) is 2.10. The molecule has 0 aliphatic carbocycles. The molecule has 0 atom stereocenters. The maximum Gasteiger partial charge on any atom is 0.120 e. The molecule has 0 amide bonds. The number of benzene rings is 1. The maximum atomic E-state index is 9.86. The number of phenols is 1. The van der Waals surface area contributed by atoms with Gasteiger partial charge in [-0.05, 0) is 31.2 Å². The topological polar surface area (TPSA) is 36.6 Å². The molecule has 1 aromatic heterocycles. The zero-order valence-electron chi connectivity index (χ0n) is 11.4. The summed E-state index contributed by atoms with van der Waals surface area (Å²) >= 11 is 0. The third kappa shape index (κ3) is 4.14. The van der Waals surface area contributed by atoms with Crippen LogP contribution in [0.2, 0.25) is 0 Å². The first-order valence-electron chi connectivity index (χ1n) is 6.81. The Hall–Kier alpha value is -1.74. The molecule has 0 saturated carbocycles. The minimum atomic E-state index is 0.364. The highest BCUT2D eigenvalue weighted by Crippen LogP contribution is 2.19. The summed E-state index contributed by atoms with van der Waals surface area (Å²) in [6, 6.07) is 11.4. The zero-order valence-corrected chi connectivity index (χ0v) is 11.4. The number of para-hydroxylation sites is 1. The lowest BCUT2D eigenvalue weighted by atomic mass is 10.1. The van der Waals surface area contributed by atoms with Gasteiger partial charge < -0.3 is 9.52 Å². The number of phenolic OH excluding ortho intramolecular Hbond substituents is 1. The smallest absolute Gasteiger partial charge is 0.120 e.